The molecule has 9 heteroatoms. The summed E-state index contributed by atoms with van der Waals surface area (Å²) < 4.78 is 17.9. The van der Waals surface area contributed by atoms with E-state index in [0.29, 0.717) is 37.0 Å². The zero-order chi connectivity index (χ0) is 32.9. The number of ketones is 1. The summed E-state index contributed by atoms with van der Waals surface area (Å²) in [6.07, 6.45) is 17.7. The molecule has 4 N–H and O–H groups in total. The lowest BCUT2D eigenvalue weighted by Crippen LogP contribution is -2.44. The molecule has 3 fully saturated rings. The van der Waals surface area contributed by atoms with Gasteiger partial charge in [-0.1, -0.05) is 13.3 Å². The molecule has 9 nitrogen and oxygen atoms in total. The molecule has 9 atom stereocenters. The quantitative estimate of drug-likeness (QED) is 0.123. The van der Waals surface area contributed by atoms with Crippen LogP contribution < -0.4 is 11.1 Å². The molecule has 7 unspecified atom stereocenters. The third kappa shape index (κ3) is 12.3. The van der Waals surface area contributed by atoms with Gasteiger partial charge in [-0.3, -0.25) is 9.59 Å². The van der Waals surface area contributed by atoms with Gasteiger partial charge in [-0.05, 0) is 108 Å². The lowest BCUT2D eigenvalue weighted by molar-refractivity contribution is -0.148. The molecular formula is C37H62N3O6+. The number of aliphatic imine (C=N–C) groups is 1. The number of carbonyl (C=O) groups excluding carboxylic acids is 2. The number of allylic oxidation sites excluding steroid dienone is 1. The standard InChI is InChI=1S/C37H62N3O6/c1-4-26(18-30-24-39-23-29(30)12-8-28-16-17-40-37(38)20-28)10-14-34(45-25(2)41)22-32(43)13-9-27-11-15-35(36(19-27)44-3)46-33-7-5-6-31(42)21-33/h23-24,26-28,31,33-37,40,42H,4-22,38H2,1-3H3/q+1/t26-,27?,28?,31?,33?,34-,35?,36?,37?/m1/s1. The summed E-state index contributed by atoms with van der Waals surface area (Å²) >= 11 is 0. The molecule has 2 heterocycles. The summed E-state index contributed by atoms with van der Waals surface area (Å²) in [5.74, 6) is 1.38. The largest absolute Gasteiger partial charge is 0.462 e. The highest BCUT2D eigenvalue weighted by Gasteiger charge is 2.34. The molecule has 260 valence electrons. The Kier molecular flexibility index (Phi) is 15.5. The molecule has 0 radical (unpaired) electrons. The number of esters is 1. The number of hydrogen-bond acceptors (Lipinski definition) is 9. The molecule has 0 spiro atoms. The van der Waals surface area contributed by atoms with Crippen LogP contribution in [-0.4, -0.2) is 73.4 Å². The van der Waals surface area contributed by atoms with Gasteiger partial charge < -0.3 is 30.4 Å². The minimum Gasteiger partial charge on any atom is -0.462 e. The predicted molar refractivity (Wildman–Crippen MR) is 181 cm³/mol. The first-order valence-electron chi connectivity index (χ1n) is 18.3. The van der Waals surface area contributed by atoms with Crippen molar-refractivity contribution in [1.82, 2.24) is 5.32 Å². The summed E-state index contributed by atoms with van der Waals surface area (Å²) in [5.41, 5.74) is 8.79. The van der Waals surface area contributed by atoms with Gasteiger partial charge in [0, 0.05) is 39.7 Å². The molecule has 2 aliphatic heterocycles. The van der Waals surface area contributed by atoms with Crippen molar-refractivity contribution in [2.45, 2.75) is 166 Å². The van der Waals surface area contributed by atoms with Gasteiger partial charge in [0.05, 0.1) is 36.2 Å². The second-order valence-corrected chi connectivity index (χ2v) is 14.6. The van der Waals surface area contributed by atoms with E-state index in [1.807, 2.05) is 12.8 Å². The van der Waals surface area contributed by atoms with E-state index in [1.54, 1.807) is 7.11 Å². The summed E-state index contributed by atoms with van der Waals surface area (Å²) in [4.78, 5) is 29.6. The number of Topliss-reactive ketones (excluding diaryl/α,β-unsaturated/α-hetero) is 1. The van der Waals surface area contributed by atoms with Crippen LogP contribution in [0.25, 0.3) is 0 Å². The molecule has 0 bridgehead atoms. The second kappa shape index (κ2) is 19.3. The Morgan fingerprint density at radius 3 is 2.65 bits per heavy atom. The van der Waals surface area contributed by atoms with Gasteiger partial charge in [0.15, 0.2) is 6.21 Å². The molecule has 46 heavy (non-hydrogen) atoms. The maximum atomic E-state index is 13.1. The monoisotopic (exact) mass is 644 g/mol. The fraction of sp³-hybridized carbons (Fsp3) is 0.838. The van der Waals surface area contributed by atoms with E-state index in [1.165, 1.54) is 24.5 Å². The van der Waals surface area contributed by atoms with E-state index in [0.717, 1.165) is 90.0 Å². The van der Waals surface area contributed by atoms with Crippen molar-refractivity contribution in [3.63, 3.8) is 0 Å². The summed E-state index contributed by atoms with van der Waals surface area (Å²) in [6, 6.07) is 0. The Bertz CT molecular complexity index is 1020. The molecule has 0 aromatic carbocycles. The fourth-order valence-electron chi connectivity index (χ4n) is 8.13. The smallest absolute Gasteiger partial charge is 0.302 e. The van der Waals surface area contributed by atoms with Crippen LogP contribution in [0.2, 0.25) is 0 Å². The van der Waals surface area contributed by atoms with Crippen LogP contribution in [-0.2, 0) is 23.8 Å². The maximum absolute atomic E-state index is 13.1. The number of nitrogens with two attached hydrogens (primary N) is 1. The summed E-state index contributed by atoms with van der Waals surface area (Å²) in [5, 5.41) is 13.4. The van der Waals surface area contributed by atoms with Crippen LogP contribution >= 0.6 is 0 Å². The second-order valence-electron chi connectivity index (χ2n) is 14.6. The van der Waals surface area contributed by atoms with Crippen LogP contribution in [0.3, 0.4) is 0 Å². The fourth-order valence-corrected chi connectivity index (χ4v) is 8.13. The van der Waals surface area contributed by atoms with Gasteiger partial charge in [0.25, 0.3) is 0 Å². The van der Waals surface area contributed by atoms with Gasteiger partial charge in [-0.2, -0.15) is 0 Å². The minimum absolute atomic E-state index is 0.0219. The van der Waals surface area contributed by atoms with Crippen molar-refractivity contribution in [1.29, 1.82) is 0 Å². The van der Waals surface area contributed by atoms with Crippen LogP contribution in [0.4, 0.5) is 0 Å². The third-order valence-corrected chi connectivity index (χ3v) is 11.0. The first kappa shape index (κ1) is 37.0. The van der Waals surface area contributed by atoms with E-state index in [9.17, 15) is 14.7 Å². The number of nitrogens with zero attached hydrogens (tertiary/aromatic N) is 1. The number of carbonyl (C=O) groups is 2. The van der Waals surface area contributed by atoms with Crippen molar-refractivity contribution >= 4 is 18.0 Å². The Labute approximate surface area is 277 Å². The lowest BCUT2D eigenvalue weighted by Gasteiger charge is -2.38. The number of ether oxygens (including phenoxy) is 3. The Hall–Kier alpha value is -1.78. The van der Waals surface area contributed by atoms with Crippen LogP contribution in [0, 0.1) is 24.3 Å². The number of rotatable bonds is 18. The first-order valence-corrected chi connectivity index (χ1v) is 18.3. The molecule has 2 aliphatic carbocycles. The average molecular weight is 645 g/mol. The van der Waals surface area contributed by atoms with Gasteiger partial charge in [-0.15, -0.1) is 4.99 Å². The molecule has 0 amide bonds. The topological polar surface area (TPSA) is 132 Å². The number of methoxy groups -OCH3 is 1. The van der Waals surface area contributed by atoms with E-state index in [4.69, 9.17) is 19.9 Å². The third-order valence-electron chi connectivity index (χ3n) is 11.0. The van der Waals surface area contributed by atoms with E-state index in [-0.39, 0.29) is 54.9 Å². The van der Waals surface area contributed by atoms with Crippen LogP contribution in [0.1, 0.15) is 129 Å². The highest BCUT2D eigenvalue weighted by atomic mass is 16.5. The van der Waals surface area contributed by atoms with E-state index >= 15 is 0 Å². The molecular weight excluding hydrogens is 582 g/mol. The summed E-state index contributed by atoms with van der Waals surface area (Å²) in [6.45, 7) is 6.68. The predicted octanol–water partition coefficient (Wildman–Crippen LogP) is 5.97. The summed E-state index contributed by atoms with van der Waals surface area (Å²) in [7, 11) is 1.75. The van der Waals surface area contributed by atoms with Gasteiger partial charge in [0.2, 0.25) is 0 Å². The zero-order valence-electron chi connectivity index (χ0n) is 28.8. The van der Waals surface area contributed by atoms with Crippen LogP contribution in [0.5, 0.6) is 0 Å². The Morgan fingerprint density at radius 2 is 1.91 bits per heavy atom. The Balaban J connectivity index is 1.20. The van der Waals surface area contributed by atoms with Crippen molar-refractivity contribution in [3.8, 4) is 0 Å². The normalized spacial score (nSPS) is 31.4. The van der Waals surface area contributed by atoms with Crippen molar-refractivity contribution in [2.24, 2.45) is 28.5 Å². The van der Waals surface area contributed by atoms with Gasteiger partial charge in [-0.25, -0.2) is 0 Å². The molecule has 4 rings (SSSR count). The van der Waals surface area contributed by atoms with Gasteiger partial charge >= 0.3 is 5.97 Å². The molecule has 2 saturated carbocycles. The molecule has 1 saturated heterocycles. The van der Waals surface area contributed by atoms with Gasteiger partial charge in [0.1, 0.15) is 24.0 Å². The lowest BCUT2D eigenvalue weighted by atomic mass is 9.81. The van der Waals surface area contributed by atoms with Crippen LogP contribution in [0.15, 0.2) is 16.1 Å². The first-order chi connectivity index (χ1) is 22.2. The van der Waals surface area contributed by atoms with Crippen molar-refractivity contribution in [2.75, 3.05) is 13.7 Å². The molecule has 0 aromatic heterocycles. The average Bonchev–Trinajstić information content (AvgIpc) is 3.48. The number of piperidine rings is 1. The van der Waals surface area contributed by atoms with Crippen molar-refractivity contribution < 1.29 is 28.9 Å². The highest BCUT2D eigenvalue weighted by Crippen LogP contribution is 2.35. The number of aliphatic hydroxyl groups is 1. The SMILES string of the molecule is CC[C@H](CC[C@H](CC(=O)CCC1CCC(OC2CCCC(O)C2)C(OC)C1)OC(C)=O)CC1=C(CCC2CCNC(N)C2)[CH+]N=C1. The maximum Gasteiger partial charge on any atom is 0.302 e. The molecule has 0 aromatic rings. The Morgan fingerprint density at radius 1 is 1.09 bits per heavy atom. The zero-order valence-corrected chi connectivity index (χ0v) is 28.8. The van der Waals surface area contributed by atoms with E-state index < -0.39 is 0 Å². The van der Waals surface area contributed by atoms with E-state index in [2.05, 4.69) is 17.2 Å². The highest BCUT2D eigenvalue weighted by molar-refractivity contribution is 5.84. The molecule has 4 aliphatic rings. The number of nitrogens with one attached hydrogen (secondary N) is 1. The number of aliphatic hydroxyl groups excluding tert-OH is 1. The minimum atomic E-state index is -0.373. The van der Waals surface area contributed by atoms with Crippen molar-refractivity contribution in [3.05, 3.63) is 17.7 Å². The number of hydrogen-bond donors (Lipinski definition) is 3.